The lowest BCUT2D eigenvalue weighted by molar-refractivity contribution is -0.384. The zero-order chi connectivity index (χ0) is 21.3. The number of amides is 2. The topological polar surface area (TPSA) is 116 Å². The van der Waals surface area contributed by atoms with E-state index in [0.29, 0.717) is 16.6 Å². The molecule has 0 N–H and O–H groups in total. The molecular weight excluding hydrogens is 392 g/mol. The van der Waals surface area contributed by atoms with Crippen molar-refractivity contribution in [2.75, 3.05) is 0 Å². The van der Waals surface area contributed by atoms with Crippen LogP contribution in [-0.2, 0) is 4.84 Å². The van der Waals surface area contributed by atoms with Crippen LogP contribution in [-0.4, -0.2) is 27.8 Å². The Morgan fingerprint density at radius 2 is 1.30 bits per heavy atom. The maximum atomic E-state index is 12.3. The highest BCUT2D eigenvalue weighted by atomic mass is 16.7. The van der Waals surface area contributed by atoms with Crippen LogP contribution in [0.25, 0.3) is 0 Å². The average molecular weight is 404 g/mol. The Labute approximate surface area is 169 Å². The van der Waals surface area contributed by atoms with Crippen LogP contribution >= 0.6 is 0 Å². The fourth-order valence-corrected chi connectivity index (χ4v) is 2.82. The van der Waals surface area contributed by atoms with E-state index >= 15 is 0 Å². The van der Waals surface area contributed by atoms with Crippen LogP contribution in [0.4, 0.5) is 5.69 Å². The van der Waals surface area contributed by atoms with Crippen molar-refractivity contribution in [3.63, 3.8) is 0 Å². The zero-order valence-corrected chi connectivity index (χ0v) is 15.2. The molecule has 2 amide bonds. The summed E-state index contributed by atoms with van der Waals surface area (Å²) in [6.45, 7) is 0. The smallest absolute Gasteiger partial charge is 0.363 e. The van der Waals surface area contributed by atoms with Gasteiger partial charge in [0.25, 0.3) is 17.5 Å². The number of benzene rings is 3. The summed E-state index contributed by atoms with van der Waals surface area (Å²) in [5.41, 5.74) is 0.375. The standard InChI is InChI=1S/C21H12N2O7/c24-19-17-3-1-2-4-18(17)20(25)22(19)30-21(26)13-5-9-15(10-6-13)29-16-11-7-14(8-12-16)23(27)28/h1-12H. The molecule has 1 heterocycles. The molecule has 1 aliphatic heterocycles. The number of hydrogen-bond acceptors (Lipinski definition) is 7. The van der Waals surface area contributed by atoms with E-state index in [9.17, 15) is 24.5 Å². The largest absolute Gasteiger partial charge is 0.457 e. The van der Waals surface area contributed by atoms with Gasteiger partial charge in [0.2, 0.25) is 0 Å². The first-order chi connectivity index (χ1) is 14.4. The fraction of sp³-hybridized carbons (Fsp3) is 0. The number of rotatable bonds is 5. The third-order valence-corrected chi connectivity index (χ3v) is 4.30. The minimum Gasteiger partial charge on any atom is -0.457 e. The van der Waals surface area contributed by atoms with Crippen LogP contribution in [0.1, 0.15) is 31.1 Å². The Kier molecular flexibility index (Phi) is 4.69. The number of ether oxygens (including phenoxy) is 1. The number of carbonyl (C=O) groups excluding carboxylic acids is 3. The molecule has 1 aliphatic rings. The molecule has 3 aromatic rings. The van der Waals surface area contributed by atoms with Crippen molar-refractivity contribution in [1.82, 2.24) is 5.06 Å². The Hall–Kier alpha value is -4.53. The van der Waals surface area contributed by atoms with Crippen molar-refractivity contribution in [2.45, 2.75) is 0 Å². The van der Waals surface area contributed by atoms with E-state index in [1.165, 1.54) is 60.7 Å². The molecule has 9 nitrogen and oxygen atoms in total. The molecule has 0 saturated carbocycles. The Bertz CT molecular complexity index is 1140. The van der Waals surface area contributed by atoms with E-state index in [1.807, 2.05) is 0 Å². The van der Waals surface area contributed by atoms with Crippen LogP contribution in [0.5, 0.6) is 11.5 Å². The van der Waals surface area contributed by atoms with Crippen LogP contribution in [0.3, 0.4) is 0 Å². The van der Waals surface area contributed by atoms with Gasteiger partial charge in [-0.05, 0) is 48.5 Å². The molecule has 9 heteroatoms. The highest BCUT2D eigenvalue weighted by molar-refractivity contribution is 6.21. The lowest BCUT2D eigenvalue weighted by Gasteiger charge is -2.13. The van der Waals surface area contributed by atoms with Gasteiger partial charge in [-0.1, -0.05) is 17.2 Å². The summed E-state index contributed by atoms with van der Waals surface area (Å²) in [5.74, 6) is -1.54. The normalized spacial score (nSPS) is 12.5. The monoisotopic (exact) mass is 404 g/mol. The number of nitro groups is 1. The highest BCUT2D eigenvalue weighted by Crippen LogP contribution is 2.26. The van der Waals surface area contributed by atoms with Crippen LogP contribution in [0.15, 0.2) is 72.8 Å². The molecule has 0 unspecified atom stereocenters. The number of nitrogens with zero attached hydrogens (tertiary/aromatic N) is 2. The SMILES string of the molecule is O=C(ON1C(=O)c2ccccc2C1=O)c1ccc(Oc2ccc([N+](=O)[O-])cc2)cc1. The highest BCUT2D eigenvalue weighted by Gasteiger charge is 2.38. The van der Waals surface area contributed by atoms with Crippen molar-refractivity contribution in [3.05, 3.63) is 99.6 Å². The van der Waals surface area contributed by atoms with Gasteiger partial charge in [-0.2, -0.15) is 0 Å². The van der Waals surface area contributed by atoms with Gasteiger partial charge in [0, 0.05) is 12.1 Å². The quantitative estimate of drug-likeness (QED) is 0.361. The number of carbonyl (C=O) groups is 3. The van der Waals surface area contributed by atoms with E-state index in [-0.39, 0.29) is 22.4 Å². The number of non-ortho nitro benzene ring substituents is 1. The van der Waals surface area contributed by atoms with Gasteiger partial charge in [-0.3, -0.25) is 19.7 Å². The molecule has 30 heavy (non-hydrogen) atoms. The molecule has 148 valence electrons. The van der Waals surface area contributed by atoms with Crippen LogP contribution in [0, 0.1) is 10.1 Å². The van der Waals surface area contributed by atoms with Gasteiger partial charge in [-0.15, -0.1) is 0 Å². The summed E-state index contributed by atoms with van der Waals surface area (Å²) >= 11 is 0. The molecule has 0 aliphatic carbocycles. The Balaban J connectivity index is 1.43. The summed E-state index contributed by atoms with van der Waals surface area (Å²) < 4.78 is 5.56. The van der Waals surface area contributed by atoms with Crippen LogP contribution < -0.4 is 4.74 Å². The summed E-state index contributed by atoms with van der Waals surface area (Å²) in [7, 11) is 0. The fourth-order valence-electron chi connectivity index (χ4n) is 2.82. The zero-order valence-electron chi connectivity index (χ0n) is 15.2. The maximum Gasteiger partial charge on any atom is 0.363 e. The average Bonchev–Trinajstić information content (AvgIpc) is 3.00. The van der Waals surface area contributed by atoms with Gasteiger partial charge in [0.1, 0.15) is 11.5 Å². The van der Waals surface area contributed by atoms with Gasteiger partial charge >= 0.3 is 5.97 Å². The first-order valence-electron chi connectivity index (χ1n) is 8.66. The van der Waals surface area contributed by atoms with E-state index in [2.05, 4.69) is 0 Å². The molecule has 0 aromatic heterocycles. The summed E-state index contributed by atoms with van der Waals surface area (Å²) in [6.07, 6.45) is 0. The van der Waals surface area contributed by atoms with E-state index in [1.54, 1.807) is 12.1 Å². The maximum absolute atomic E-state index is 12.3. The molecular formula is C21H12N2O7. The van der Waals surface area contributed by atoms with Crippen molar-refractivity contribution in [3.8, 4) is 11.5 Å². The molecule has 0 spiro atoms. The van der Waals surface area contributed by atoms with Crippen molar-refractivity contribution >= 4 is 23.5 Å². The van der Waals surface area contributed by atoms with E-state index in [0.717, 1.165) is 0 Å². The first kappa shape index (κ1) is 18.8. The summed E-state index contributed by atoms with van der Waals surface area (Å²) in [6, 6.07) is 17.5. The molecule has 4 rings (SSSR count). The second kappa shape index (κ2) is 7.47. The number of fused-ring (bicyclic) bond motifs is 1. The number of hydroxylamine groups is 2. The molecule has 0 saturated heterocycles. The minimum atomic E-state index is -0.883. The van der Waals surface area contributed by atoms with Gasteiger partial charge in [0.05, 0.1) is 21.6 Å². The molecule has 0 bridgehead atoms. The predicted octanol–water partition coefficient (Wildman–Crippen LogP) is 3.76. The minimum absolute atomic E-state index is 0.0615. The molecule has 0 fully saturated rings. The molecule has 3 aromatic carbocycles. The predicted molar refractivity (Wildman–Crippen MR) is 102 cm³/mol. The Morgan fingerprint density at radius 3 is 1.80 bits per heavy atom. The molecule has 0 radical (unpaired) electrons. The molecule has 0 atom stereocenters. The lowest BCUT2D eigenvalue weighted by atomic mass is 10.1. The Morgan fingerprint density at radius 1 is 0.800 bits per heavy atom. The van der Waals surface area contributed by atoms with Crippen molar-refractivity contribution in [1.29, 1.82) is 0 Å². The van der Waals surface area contributed by atoms with Gasteiger partial charge in [-0.25, -0.2) is 4.79 Å². The third-order valence-electron chi connectivity index (χ3n) is 4.30. The lowest BCUT2D eigenvalue weighted by Crippen LogP contribution is -2.32. The van der Waals surface area contributed by atoms with Crippen molar-refractivity contribution in [2.24, 2.45) is 0 Å². The van der Waals surface area contributed by atoms with Crippen molar-refractivity contribution < 1.29 is 28.9 Å². The van der Waals surface area contributed by atoms with Crippen LogP contribution in [0.2, 0.25) is 0 Å². The van der Waals surface area contributed by atoms with Gasteiger partial charge in [0.15, 0.2) is 0 Å². The van der Waals surface area contributed by atoms with E-state index < -0.39 is 22.7 Å². The third kappa shape index (κ3) is 3.47. The van der Waals surface area contributed by atoms with E-state index in [4.69, 9.17) is 9.57 Å². The summed E-state index contributed by atoms with van der Waals surface area (Å²) in [4.78, 5) is 52.0. The number of nitro benzene ring substituents is 1. The first-order valence-corrected chi connectivity index (χ1v) is 8.66. The van der Waals surface area contributed by atoms with Gasteiger partial charge < -0.3 is 9.57 Å². The summed E-state index contributed by atoms with van der Waals surface area (Å²) in [5, 5.41) is 11.1. The second-order valence-corrected chi connectivity index (χ2v) is 6.21. The second-order valence-electron chi connectivity index (χ2n) is 6.21. The number of imide groups is 1. The number of hydrogen-bond donors (Lipinski definition) is 0.